The lowest BCUT2D eigenvalue weighted by molar-refractivity contribution is 0.388. The summed E-state index contributed by atoms with van der Waals surface area (Å²) >= 11 is 0. The molecule has 0 nitrogen and oxygen atoms in total. The molecule has 0 aromatic heterocycles. The van der Waals surface area contributed by atoms with Gasteiger partial charge in [0.15, 0.2) is 17.5 Å². The lowest BCUT2D eigenvalue weighted by Gasteiger charge is -2.23. The summed E-state index contributed by atoms with van der Waals surface area (Å²) in [6.45, 7) is 7.72. The molecule has 0 saturated heterocycles. The Balaban J connectivity index is 3.75. The summed E-state index contributed by atoms with van der Waals surface area (Å²) in [5.74, 6) is -5.99. The van der Waals surface area contributed by atoms with Crippen molar-refractivity contribution < 1.29 is 17.6 Å². The van der Waals surface area contributed by atoms with Crippen molar-refractivity contribution in [1.29, 1.82) is 0 Å². The number of hydrogen-bond donors (Lipinski definition) is 0. The molecule has 17 heavy (non-hydrogen) atoms. The van der Waals surface area contributed by atoms with Crippen LogP contribution < -0.4 is 0 Å². The highest BCUT2D eigenvalue weighted by atomic mass is 19.2. The highest BCUT2D eigenvalue weighted by molar-refractivity contribution is 5.36. The quantitative estimate of drug-likeness (QED) is 0.385. The molecule has 1 rings (SSSR count). The fourth-order valence-electron chi connectivity index (χ4n) is 1.82. The van der Waals surface area contributed by atoms with Crippen LogP contribution in [-0.4, -0.2) is 0 Å². The van der Waals surface area contributed by atoms with Crippen molar-refractivity contribution in [2.75, 3.05) is 0 Å². The number of hydrogen-bond acceptors (Lipinski definition) is 0. The Morgan fingerprint density at radius 3 is 1.59 bits per heavy atom. The second-order valence-corrected chi connectivity index (χ2v) is 5.45. The van der Waals surface area contributed by atoms with Crippen molar-refractivity contribution >= 4 is 0 Å². The standard InChI is InChI=1S/C13H16F4/c1-6(2)7-9(14)8(13(3,4)5)11(16)12(17)10(7)15/h6H,1-5H3. The maximum Gasteiger partial charge on any atom is 0.195 e. The minimum atomic E-state index is -1.60. The normalized spacial score (nSPS) is 12.4. The zero-order valence-electron chi connectivity index (χ0n) is 10.6. The predicted octanol–water partition coefficient (Wildman–Crippen LogP) is 4.66. The molecule has 4 heteroatoms. The van der Waals surface area contributed by atoms with Crippen LogP contribution in [0.3, 0.4) is 0 Å². The molecule has 0 saturated carbocycles. The van der Waals surface area contributed by atoms with E-state index in [0.29, 0.717) is 0 Å². The number of halogens is 4. The van der Waals surface area contributed by atoms with Gasteiger partial charge in [0.25, 0.3) is 0 Å². The van der Waals surface area contributed by atoms with Crippen molar-refractivity contribution in [3.05, 3.63) is 34.4 Å². The average Bonchev–Trinajstić information content (AvgIpc) is 2.11. The highest BCUT2D eigenvalue weighted by Gasteiger charge is 2.32. The maximum atomic E-state index is 14.1. The molecule has 0 N–H and O–H groups in total. The zero-order valence-corrected chi connectivity index (χ0v) is 10.6. The van der Waals surface area contributed by atoms with Gasteiger partial charge in [0.1, 0.15) is 5.82 Å². The van der Waals surface area contributed by atoms with E-state index in [0.717, 1.165) is 0 Å². The van der Waals surface area contributed by atoms with Gasteiger partial charge in [-0.1, -0.05) is 34.6 Å². The first-order valence-electron chi connectivity index (χ1n) is 5.45. The Bertz CT molecular complexity index is 442. The van der Waals surface area contributed by atoms with Crippen LogP contribution in [0, 0.1) is 23.3 Å². The third-order valence-corrected chi connectivity index (χ3v) is 2.62. The fraction of sp³-hybridized carbons (Fsp3) is 0.538. The number of rotatable bonds is 1. The molecule has 0 spiro atoms. The predicted molar refractivity (Wildman–Crippen MR) is 59.1 cm³/mol. The molecule has 1 aromatic carbocycles. The van der Waals surface area contributed by atoms with Crippen LogP contribution in [-0.2, 0) is 5.41 Å². The van der Waals surface area contributed by atoms with Crippen molar-refractivity contribution in [3.8, 4) is 0 Å². The average molecular weight is 248 g/mol. The van der Waals surface area contributed by atoms with Gasteiger partial charge in [0.2, 0.25) is 0 Å². The van der Waals surface area contributed by atoms with Crippen molar-refractivity contribution in [3.63, 3.8) is 0 Å². The van der Waals surface area contributed by atoms with Gasteiger partial charge in [0, 0.05) is 11.1 Å². The summed E-state index contributed by atoms with van der Waals surface area (Å²) in [5.41, 5.74) is -1.72. The molecule has 0 amide bonds. The van der Waals surface area contributed by atoms with Gasteiger partial charge < -0.3 is 0 Å². The van der Waals surface area contributed by atoms with E-state index in [9.17, 15) is 17.6 Å². The molecule has 0 fully saturated rings. The summed E-state index contributed by atoms with van der Waals surface area (Å²) in [7, 11) is 0. The molecule has 0 aliphatic rings. The largest absolute Gasteiger partial charge is 0.206 e. The maximum absolute atomic E-state index is 14.1. The van der Waals surface area contributed by atoms with Gasteiger partial charge in [-0.3, -0.25) is 0 Å². The summed E-state index contributed by atoms with van der Waals surface area (Å²) in [4.78, 5) is 0. The smallest absolute Gasteiger partial charge is 0.195 e. The molecular weight excluding hydrogens is 232 g/mol. The molecule has 0 bridgehead atoms. The third kappa shape index (κ3) is 2.31. The van der Waals surface area contributed by atoms with Crippen LogP contribution >= 0.6 is 0 Å². The molecule has 0 atom stereocenters. The minimum absolute atomic E-state index is 0.395. The van der Waals surface area contributed by atoms with Crippen molar-refractivity contribution in [2.24, 2.45) is 0 Å². The van der Waals surface area contributed by atoms with Gasteiger partial charge in [-0.25, -0.2) is 17.6 Å². The Morgan fingerprint density at radius 2 is 1.24 bits per heavy atom. The van der Waals surface area contributed by atoms with E-state index in [4.69, 9.17) is 0 Å². The van der Waals surface area contributed by atoms with E-state index >= 15 is 0 Å². The van der Waals surface area contributed by atoms with Gasteiger partial charge >= 0.3 is 0 Å². The van der Waals surface area contributed by atoms with Crippen LogP contribution in [0.2, 0.25) is 0 Å². The van der Waals surface area contributed by atoms with E-state index in [1.54, 1.807) is 20.8 Å². The molecule has 96 valence electrons. The van der Waals surface area contributed by atoms with E-state index in [-0.39, 0.29) is 0 Å². The Hall–Kier alpha value is -1.06. The van der Waals surface area contributed by atoms with Crippen LogP contribution in [0.1, 0.15) is 51.7 Å². The number of benzene rings is 1. The molecule has 0 aliphatic heterocycles. The Morgan fingerprint density at radius 1 is 0.765 bits per heavy atom. The molecule has 0 unspecified atom stereocenters. The first-order chi connectivity index (χ1) is 7.59. The van der Waals surface area contributed by atoms with Gasteiger partial charge in [-0.05, 0) is 11.3 Å². The second kappa shape index (κ2) is 4.31. The van der Waals surface area contributed by atoms with Crippen LogP contribution in [0.4, 0.5) is 17.6 Å². The highest BCUT2D eigenvalue weighted by Crippen LogP contribution is 2.35. The molecule has 0 heterocycles. The van der Waals surface area contributed by atoms with E-state index < -0.39 is 45.7 Å². The van der Waals surface area contributed by atoms with E-state index in [1.807, 2.05) is 0 Å². The molecule has 0 radical (unpaired) electrons. The van der Waals surface area contributed by atoms with E-state index in [1.165, 1.54) is 13.8 Å². The van der Waals surface area contributed by atoms with E-state index in [2.05, 4.69) is 0 Å². The Kier molecular flexibility index (Phi) is 3.55. The summed E-state index contributed by atoms with van der Waals surface area (Å²) in [5, 5.41) is 0. The second-order valence-electron chi connectivity index (χ2n) is 5.45. The topological polar surface area (TPSA) is 0 Å². The summed E-state index contributed by atoms with van der Waals surface area (Å²) < 4.78 is 54.6. The van der Waals surface area contributed by atoms with Crippen LogP contribution in [0.15, 0.2) is 0 Å². The van der Waals surface area contributed by atoms with Gasteiger partial charge in [0.05, 0.1) is 0 Å². The summed E-state index contributed by atoms with van der Waals surface area (Å²) in [6, 6.07) is 0. The molecule has 0 aliphatic carbocycles. The fourth-order valence-corrected chi connectivity index (χ4v) is 1.82. The minimum Gasteiger partial charge on any atom is -0.206 e. The molecule has 1 aromatic rings. The summed E-state index contributed by atoms with van der Waals surface area (Å²) in [6.07, 6.45) is 0. The van der Waals surface area contributed by atoms with Gasteiger partial charge in [-0.2, -0.15) is 0 Å². The zero-order chi connectivity index (χ0) is 13.5. The van der Waals surface area contributed by atoms with Crippen molar-refractivity contribution in [2.45, 2.75) is 46.0 Å². The first-order valence-corrected chi connectivity index (χ1v) is 5.45. The third-order valence-electron chi connectivity index (χ3n) is 2.62. The molecular formula is C13H16F4. The van der Waals surface area contributed by atoms with Crippen molar-refractivity contribution in [1.82, 2.24) is 0 Å². The van der Waals surface area contributed by atoms with Crippen LogP contribution in [0.25, 0.3) is 0 Å². The SMILES string of the molecule is CC(C)c1c(F)c(F)c(F)c(C(C)(C)C)c1F. The lowest BCUT2D eigenvalue weighted by Crippen LogP contribution is -2.21. The Labute approximate surface area is 98.6 Å². The van der Waals surface area contributed by atoms with Crippen LogP contribution in [0.5, 0.6) is 0 Å². The monoisotopic (exact) mass is 248 g/mol. The van der Waals surface area contributed by atoms with Gasteiger partial charge in [-0.15, -0.1) is 0 Å². The first kappa shape index (κ1) is 14.0. The lowest BCUT2D eigenvalue weighted by atomic mass is 9.83.